The van der Waals surface area contributed by atoms with Crippen molar-refractivity contribution >= 4 is 45.2 Å². The van der Waals surface area contributed by atoms with E-state index < -0.39 is 0 Å². The van der Waals surface area contributed by atoms with Crippen LogP contribution in [0.4, 0.5) is 10.1 Å². The second kappa shape index (κ2) is 4.48. The van der Waals surface area contributed by atoms with Crippen molar-refractivity contribution in [2.24, 2.45) is 4.99 Å². The summed E-state index contributed by atoms with van der Waals surface area (Å²) in [5.41, 5.74) is 0.917. The number of nitrogens with one attached hydrogen (secondary N) is 1. The number of halogens is 2. The van der Waals surface area contributed by atoms with Crippen LogP contribution in [-0.2, 0) is 0 Å². The van der Waals surface area contributed by atoms with Gasteiger partial charge in [0.15, 0.2) is 5.17 Å². The minimum absolute atomic E-state index is 0.207. The molecule has 1 aliphatic rings. The van der Waals surface area contributed by atoms with Gasteiger partial charge in [0.05, 0.1) is 12.2 Å². The third-order valence-electron chi connectivity index (χ3n) is 1.76. The number of nitrogens with zero attached hydrogens (tertiary/aromatic N) is 1. The van der Waals surface area contributed by atoms with E-state index in [-0.39, 0.29) is 5.82 Å². The molecule has 5 heteroatoms. The van der Waals surface area contributed by atoms with E-state index in [1.807, 2.05) is 0 Å². The van der Waals surface area contributed by atoms with Gasteiger partial charge in [0.1, 0.15) is 5.82 Å². The Bertz CT molecular complexity index is 381. The number of hydrogen-bond acceptors (Lipinski definition) is 3. The molecule has 1 aliphatic heterocycles. The molecule has 0 unspecified atom stereocenters. The molecule has 0 spiro atoms. The van der Waals surface area contributed by atoms with Crippen molar-refractivity contribution in [1.29, 1.82) is 0 Å². The SMILES string of the molecule is Fc1ccc(NC2=NCCS2)c(I)c1. The molecule has 1 aromatic carbocycles. The molecule has 0 atom stereocenters. The van der Waals surface area contributed by atoms with E-state index in [1.54, 1.807) is 17.8 Å². The summed E-state index contributed by atoms with van der Waals surface area (Å²) >= 11 is 3.80. The summed E-state index contributed by atoms with van der Waals surface area (Å²) in [4.78, 5) is 4.27. The average Bonchev–Trinajstić information content (AvgIpc) is 2.62. The summed E-state index contributed by atoms with van der Waals surface area (Å²) < 4.78 is 13.7. The van der Waals surface area contributed by atoms with Crippen molar-refractivity contribution in [3.05, 3.63) is 27.6 Å². The Hall–Kier alpha value is -0.300. The Balaban J connectivity index is 2.16. The summed E-state index contributed by atoms with van der Waals surface area (Å²) in [5, 5.41) is 4.10. The first-order valence-electron chi connectivity index (χ1n) is 4.15. The molecular weight excluding hydrogens is 314 g/mol. The second-order valence-electron chi connectivity index (χ2n) is 2.78. The lowest BCUT2D eigenvalue weighted by Crippen LogP contribution is -2.06. The first-order valence-corrected chi connectivity index (χ1v) is 6.21. The van der Waals surface area contributed by atoms with Crippen molar-refractivity contribution in [2.75, 3.05) is 17.6 Å². The zero-order valence-corrected chi connectivity index (χ0v) is 10.2. The number of aliphatic imine (C=N–C) groups is 1. The molecule has 0 fully saturated rings. The molecule has 0 amide bonds. The van der Waals surface area contributed by atoms with Gasteiger partial charge in [-0.25, -0.2) is 4.39 Å². The Kier molecular flexibility index (Phi) is 3.27. The van der Waals surface area contributed by atoms with Crippen molar-refractivity contribution < 1.29 is 4.39 Å². The normalized spacial score (nSPS) is 15.4. The lowest BCUT2D eigenvalue weighted by Gasteiger charge is -2.06. The maximum Gasteiger partial charge on any atom is 0.161 e. The van der Waals surface area contributed by atoms with Gasteiger partial charge in [-0.15, -0.1) is 0 Å². The molecule has 2 rings (SSSR count). The van der Waals surface area contributed by atoms with Gasteiger partial charge in [0, 0.05) is 9.32 Å². The van der Waals surface area contributed by atoms with Crippen LogP contribution < -0.4 is 5.32 Å². The van der Waals surface area contributed by atoms with Crippen molar-refractivity contribution in [3.8, 4) is 0 Å². The predicted octanol–water partition coefficient (Wildman–Crippen LogP) is 2.95. The van der Waals surface area contributed by atoms with Gasteiger partial charge in [-0.05, 0) is 40.8 Å². The van der Waals surface area contributed by atoms with Gasteiger partial charge < -0.3 is 5.32 Å². The van der Waals surface area contributed by atoms with Gasteiger partial charge in [-0.1, -0.05) is 11.8 Å². The Labute approximate surface area is 99.5 Å². The van der Waals surface area contributed by atoms with Crippen LogP contribution in [-0.4, -0.2) is 17.5 Å². The van der Waals surface area contributed by atoms with E-state index >= 15 is 0 Å². The van der Waals surface area contributed by atoms with Crippen LogP contribution in [0.1, 0.15) is 0 Å². The summed E-state index contributed by atoms with van der Waals surface area (Å²) in [7, 11) is 0. The highest BCUT2D eigenvalue weighted by molar-refractivity contribution is 14.1. The highest BCUT2D eigenvalue weighted by Crippen LogP contribution is 2.22. The average molecular weight is 322 g/mol. The molecule has 14 heavy (non-hydrogen) atoms. The maximum absolute atomic E-state index is 12.8. The van der Waals surface area contributed by atoms with Crippen molar-refractivity contribution in [1.82, 2.24) is 0 Å². The fourth-order valence-corrected chi connectivity index (χ4v) is 2.47. The minimum Gasteiger partial charge on any atom is -0.334 e. The predicted molar refractivity (Wildman–Crippen MR) is 67.5 cm³/mol. The van der Waals surface area contributed by atoms with Gasteiger partial charge in [0.25, 0.3) is 0 Å². The van der Waals surface area contributed by atoms with Crippen LogP contribution >= 0.6 is 34.4 Å². The number of benzene rings is 1. The van der Waals surface area contributed by atoms with Crippen LogP contribution in [0.5, 0.6) is 0 Å². The molecule has 0 aromatic heterocycles. The van der Waals surface area contributed by atoms with Crippen LogP contribution in [0.3, 0.4) is 0 Å². The molecule has 0 saturated heterocycles. The molecule has 1 N–H and O–H groups in total. The first-order chi connectivity index (χ1) is 6.75. The van der Waals surface area contributed by atoms with E-state index in [2.05, 4.69) is 32.9 Å². The number of anilines is 1. The third kappa shape index (κ3) is 2.38. The molecular formula is C9H8FIN2S. The van der Waals surface area contributed by atoms with E-state index in [9.17, 15) is 4.39 Å². The standard InChI is InChI=1S/C9H8FIN2S/c10-6-1-2-8(7(11)5-6)13-9-12-3-4-14-9/h1-2,5H,3-4H2,(H,12,13). The van der Waals surface area contributed by atoms with E-state index in [0.717, 1.165) is 26.7 Å². The van der Waals surface area contributed by atoms with E-state index in [1.165, 1.54) is 12.1 Å². The van der Waals surface area contributed by atoms with E-state index in [0.29, 0.717) is 0 Å². The summed E-state index contributed by atoms with van der Waals surface area (Å²) in [5.74, 6) is 0.820. The molecule has 1 aromatic rings. The molecule has 1 heterocycles. The van der Waals surface area contributed by atoms with Crippen LogP contribution in [0.15, 0.2) is 23.2 Å². The van der Waals surface area contributed by atoms with Crippen LogP contribution in [0, 0.1) is 9.39 Å². The third-order valence-corrected chi connectivity index (χ3v) is 3.54. The molecule has 74 valence electrons. The van der Waals surface area contributed by atoms with Crippen molar-refractivity contribution in [2.45, 2.75) is 0 Å². The highest BCUT2D eigenvalue weighted by Gasteiger charge is 2.08. The van der Waals surface area contributed by atoms with Gasteiger partial charge in [-0.3, -0.25) is 4.99 Å². The number of amidine groups is 1. The maximum atomic E-state index is 12.8. The Morgan fingerprint density at radius 1 is 1.50 bits per heavy atom. The minimum atomic E-state index is -0.207. The summed E-state index contributed by atoms with van der Waals surface area (Å²) in [6.45, 7) is 0.866. The monoisotopic (exact) mass is 322 g/mol. The highest BCUT2D eigenvalue weighted by atomic mass is 127. The van der Waals surface area contributed by atoms with Crippen LogP contribution in [0.25, 0.3) is 0 Å². The molecule has 0 saturated carbocycles. The molecule has 0 aliphatic carbocycles. The molecule has 2 nitrogen and oxygen atoms in total. The zero-order chi connectivity index (χ0) is 9.97. The topological polar surface area (TPSA) is 24.4 Å². The molecule has 0 radical (unpaired) electrons. The fraction of sp³-hybridized carbons (Fsp3) is 0.222. The lowest BCUT2D eigenvalue weighted by atomic mass is 10.3. The first kappa shape index (κ1) is 10.2. The molecule has 0 bridgehead atoms. The van der Waals surface area contributed by atoms with Gasteiger partial charge in [0.2, 0.25) is 0 Å². The Morgan fingerprint density at radius 2 is 2.36 bits per heavy atom. The van der Waals surface area contributed by atoms with Crippen LogP contribution in [0.2, 0.25) is 0 Å². The number of rotatable bonds is 1. The smallest absolute Gasteiger partial charge is 0.161 e. The Morgan fingerprint density at radius 3 is 3.00 bits per heavy atom. The fourth-order valence-electron chi connectivity index (χ4n) is 1.12. The zero-order valence-electron chi connectivity index (χ0n) is 7.26. The summed E-state index contributed by atoms with van der Waals surface area (Å²) in [6, 6.07) is 4.69. The summed E-state index contributed by atoms with van der Waals surface area (Å²) in [6.07, 6.45) is 0. The number of hydrogen-bond donors (Lipinski definition) is 1. The quantitative estimate of drug-likeness (QED) is 0.804. The lowest BCUT2D eigenvalue weighted by molar-refractivity contribution is 0.627. The van der Waals surface area contributed by atoms with Gasteiger partial charge in [-0.2, -0.15) is 0 Å². The van der Waals surface area contributed by atoms with Crippen molar-refractivity contribution in [3.63, 3.8) is 0 Å². The van der Waals surface area contributed by atoms with Gasteiger partial charge >= 0.3 is 0 Å². The largest absolute Gasteiger partial charge is 0.334 e. The van der Waals surface area contributed by atoms with E-state index in [4.69, 9.17) is 0 Å². The second-order valence-corrected chi connectivity index (χ2v) is 5.03. The number of thioether (sulfide) groups is 1.